The molecular formula is C21H22FN5O2. The van der Waals surface area contributed by atoms with Crippen LogP contribution in [0.3, 0.4) is 0 Å². The van der Waals surface area contributed by atoms with Crippen LogP contribution in [0, 0.1) is 5.92 Å². The molecular weight excluding hydrogens is 373 g/mol. The molecule has 1 saturated carbocycles. The van der Waals surface area contributed by atoms with Crippen LogP contribution in [0.1, 0.15) is 19.8 Å². The molecule has 4 atom stereocenters. The van der Waals surface area contributed by atoms with Crippen molar-refractivity contribution < 1.29 is 14.2 Å². The van der Waals surface area contributed by atoms with Crippen LogP contribution in [0.2, 0.25) is 0 Å². The molecule has 2 aliphatic heterocycles. The van der Waals surface area contributed by atoms with Crippen LogP contribution >= 0.6 is 0 Å². The Balaban J connectivity index is 1.34. The lowest BCUT2D eigenvalue weighted by molar-refractivity contribution is -0.0729. The van der Waals surface area contributed by atoms with Crippen molar-refractivity contribution in [3.63, 3.8) is 0 Å². The fourth-order valence-electron chi connectivity index (χ4n) is 4.29. The summed E-state index contributed by atoms with van der Waals surface area (Å²) in [4.78, 5) is 4.00. The van der Waals surface area contributed by atoms with Crippen molar-refractivity contribution in [1.82, 2.24) is 25.1 Å². The molecule has 3 aromatic rings. The summed E-state index contributed by atoms with van der Waals surface area (Å²) in [6.07, 6.45) is 5.29. The third-order valence-electron chi connectivity index (χ3n) is 6.12. The van der Waals surface area contributed by atoms with E-state index in [4.69, 9.17) is 4.74 Å². The zero-order valence-electron chi connectivity index (χ0n) is 16.0. The molecule has 2 saturated heterocycles. The van der Waals surface area contributed by atoms with Crippen molar-refractivity contribution in [2.24, 2.45) is 5.92 Å². The number of ether oxygens (including phenoxy) is 1. The Hall–Kier alpha value is -3.00. The number of aromatic hydroxyl groups is 1. The molecule has 2 aromatic heterocycles. The molecule has 3 fully saturated rings. The molecule has 1 aliphatic carbocycles. The van der Waals surface area contributed by atoms with Gasteiger partial charge in [-0.1, -0.05) is 0 Å². The van der Waals surface area contributed by atoms with Crippen LogP contribution in [0.5, 0.6) is 11.6 Å². The molecule has 0 radical (unpaired) electrons. The van der Waals surface area contributed by atoms with Crippen molar-refractivity contribution in [1.29, 1.82) is 0 Å². The lowest BCUT2D eigenvalue weighted by Gasteiger charge is -2.51. The first-order chi connectivity index (χ1) is 14.0. The van der Waals surface area contributed by atoms with Gasteiger partial charge in [0.15, 0.2) is 6.17 Å². The van der Waals surface area contributed by atoms with E-state index in [1.165, 1.54) is 0 Å². The van der Waals surface area contributed by atoms with E-state index in [9.17, 15) is 9.50 Å². The number of phenols is 1. The van der Waals surface area contributed by atoms with E-state index in [2.05, 4.69) is 20.5 Å². The number of imidazole rings is 1. The van der Waals surface area contributed by atoms with Crippen molar-refractivity contribution in [2.45, 2.75) is 37.6 Å². The van der Waals surface area contributed by atoms with E-state index in [-0.39, 0.29) is 11.7 Å². The first-order valence-electron chi connectivity index (χ1n) is 9.75. The molecule has 0 unspecified atom stereocenters. The van der Waals surface area contributed by atoms with Crippen LogP contribution < -0.4 is 10.1 Å². The van der Waals surface area contributed by atoms with Crippen LogP contribution in [0.15, 0.2) is 49.1 Å². The van der Waals surface area contributed by atoms with Gasteiger partial charge in [0.1, 0.15) is 11.9 Å². The Morgan fingerprint density at radius 2 is 2.17 bits per heavy atom. The number of nitrogens with one attached hydrogen (secondary N) is 1. The SMILES string of the molecule is C[C@]12CC[C@H](CN1)[C@H](Oc1ccc(-c3ccc(-n4ccnc4)cc3O)nn1)[C@H]2F. The highest BCUT2D eigenvalue weighted by Gasteiger charge is 2.52. The summed E-state index contributed by atoms with van der Waals surface area (Å²) in [5, 5.41) is 22.0. The quantitative estimate of drug-likeness (QED) is 0.707. The molecule has 1 aromatic carbocycles. The second-order valence-electron chi connectivity index (χ2n) is 8.01. The molecule has 29 heavy (non-hydrogen) atoms. The number of piperidine rings is 2. The molecule has 6 rings (SSSR count). The van der Waals surface area contributed by atoms with E-state index >= 15 is 0 Å². The van der Waals surface area contributed by atoms with Crippen molar-refractivity contribution in [3.05, 3.63) is 49.1 Å². The van der Waals surface area contributed by atoms with Gasteiger partial charge in [-0.15, -0.1) is 10.2 Å². The topological polar surface area (TPSA) is 85.1 Å². The molecule has 2 bridgehead atoms. The third-order valence-corrected chi connectivity index (χ3v) is 6.12. The molecule has 150 valence electrons. The van der Waals surface area contributed by atoms with E-state index in [0.717, 1.165) is 25.1 Å². The Bertz CT molecular complexity index is 1000. The number of nitrogens with zero attached hydrogens (tertiary/aromatic N) is 4. The van der Waals surface area contributed by atoms with Crippen molar-refractivity contribution >= 4 is 0 Å². The normalized spacial score (nSPS) is 28.4. The molecule has 3 aliphatic rings. The number of rotatable bonds is 4. The highest BCUT2D eigenvalue weighted by molar-refractivity contribution is 5.68. The number of alkyl halides is 1. The highest BCUT2D eigenvalue weighted by atomic mass is 19.1. The average Bonchev–Trinajstić information content (AvgIpc) is 3.27. The van der Waals surface area contributed by atoms with Crippen molar-refractivity contribution in [2.75, 3.05) is 6.54 Å². The van der Waals surface area contributed by atoms with E-state index in [1.54, 1.807) is 47.6 Å². The first-order valence-corrected chi connectivity index (χ1v) is 9.75. The number of hydrogen-bond donors (Lipinski definition) is 2. The Morgan fingerprint density at radius 1 is 1.28 bits per heavy atom. The zero-order valence-corrected chi connectivity index (χ0v) is 16.0. The van der Waals surface area contributed by atoms with Gasteiger partial charge in [-0.2, -0.15) is 0 Å². The molecule has 4 heterocycles. The Morgan fingerprint density at radius 3 is 2.83 bits per heavy atom. The van der Waals surface area contributed by atoms with Crippen LogP contribution in [-0.2, 0) is 0 Å². The van der Waals surface area contributed by atoms with Crippen LogP contribution in [-0.4, -0.2) is 49.2 Å². The smallest absolute Gasteiger partial charge is 0.233 e. The lowest BCUT2D eigenvalue weighted by Crippen LogP contribution is -2.68. The standard InChI is InChI=1S/C21H22FN5O2/c1-21-7-6-13(11-24-21)19(20(21)22)29-18-5-4-16(25-26-18)15-3-2-14(10-17(15)28)27-9-8-23-12-27/h2-5,8-10,12-13,19-20,24,28H,6-7,11H2,1H3/t13-,19+,20-,21-/m1/s1. The molecule has 0 spiro atoms. The minimum atomic E-state index is -1.09. The first kappa shape index (κ1) is 18.1. The number of benzene rings is 1. The predicted molar refractivity (Wildman–Crippen MR) is 105 cm³/mol. The second kappa shape index (κ2) is 6.81. The van der Waals surface area contributed by atoms with Gasteiger partial charge in [0.05, 0.1) is 23.2 Å². The summed E-state index contributed by atoms with van der Waals surface area (Å²) in [5.74, 6) is 0.520. The monoisotopic (exact) mass is 395 g/mol. The highest BCUT2D eigenvalue weighted by Crippen LogP contribution is 2.40. The van der Waals surface area contributed by atoms with Gasteiger partial charge in [-0.05, 0) is 38.0 Å². The summed E-state index contributed by atoms with van der Waals surface area (Å²) in [6.45, 7) is 2.67. The van der Waals surface area contributed by atoms with Crippen molar-refractivity contribution in [3.8, 4) is 28.6 Å². The summed E-state index contributed by atoms with van der Waals surface area (Å²) in [5.41, 5.74) is 1.34. The fourth-order valence-corrected chi connectivity index (χ4v) is 4.29. The maximum atomic E-state index is 14.9. The maximum absolute atomic E-state index is 14.9. The average molecular weight is 395 g/mol. The maximum Gasteiger partial charge on any atom is 0.233 e. The van der Waals surface area contributed by atoms with Gasteiger partial charge in [0.25, 0.3) is 0 Å². The summed E-state index contributed by atoms with van der Waals surface area (Å²) >= 11 is 0. The number of halogens is 1. The molecule has 8 heteroatoms. The van der Waals surface area contributed by atoms with Gasteiger partial charge in [-0.25, -0.2) is 9.37 Å². The lowest BCUT2D eigenvalue weighted by atomic mass is 9.70. The second-order valence-corrected chi connectivity index (χ2v) is 8.01. The van der Waals surface area contributed by atoms with E-state index < -0.39 is 17.8 Å². The van der Waals surface area contributed by atoms with Gasteiger partial charge in [0.2, 0.25) is 5.88 Å². The van der Waals surface area contributed by atoms with Crippen LogP contribution in [0.25, 0.3) is 16.9 Å². The Labute approximate surface area is 167 Å². The number of phenolic OH excluding ortho intramolecular Hbond substituents is 1. The number of fused-ring (bicyclic) bond motifs is 3. The van der Waals surface area contributed by atoms with E-state index in [1.807, 2.05) is 13.0 Å². The number of hydrogen-bond acceptors (Lipinski definition) is 6. The Kier molecular flexibility index (Phi) is 4.24. The summed E-state index contributed by atoms with van der Waals surface area (Å²) < 4.78 is 22.6. The minimum absolute atomic E-state index is 0.0894. The van der Waals surface area contributed by atoms with E-state index in [0.29, 0.717) is 17.1 Å². The largest absolute Gasteiger partial charge is 0.507 e. The molecule has 2 N–H and O–H groups in total. The van der Waals surface area contributed by atoms with Gasteiger partial charge in [0, 0.05) is 42.6 Å². The van der Waals surface area contributed by atoms with Gasteiger partial charge in [-0.3, -0.25) is 0 Å². The summed E-state index contributed by atoms with van der Waals surface area (Å²) in [7, 11) is 0. The van der Waals surface area contributed by atoms with Gasteiger partial charge < -0.3 is 19.7 Å². The molecule has 0 amide bonds. The third kappa shape index (κ3) is 3.13. The zero-order chi connectivity index (χ0) is 20.0. The minimum Gasteiger partial charge on any atom is -0.507 e. The van der Waals surface area contributed by atoms with Crippen LogP contribution in [0.4, 0.5) is 4.39 Å². The fraction of sp³-hybridized carbons (Fsp3) is 0.381. The molecule has 7 nitrogen and oxygen atoms in total. The summed E-state index contributed by atoms with van der Waals surface area (Å²) in [6, 6.07) is 8.69. The number of aromatic nitrogens is 4. The van der Waals surface area contributed by atoms with Gasteiger partial charge >= 0.3 is 0 Å². The predicted octanol–water partition coefficient (Wildman–Crippen LogP) is 2.89.